The normalized spacial score (nSPS) is 14.4. The van der Waals surface area contributed by atoms with Crippen molar-refractivity contribution in [2.24, 2.45) is 17.8 Å². The van der Waals surface area contributed by atoms with Crippen LogP contribution in [0.2, 0.25) is 0 Å². The minimum absolute atomic E-state index is 0.100. The van der Waals surface area contributed by atoms with Gasteiger partial charge in [-0.1, -0.05) is 336 Å². The number of rotatable bonds is 76. The fourth-order valence-electron chi connectivity index (χ4n) is 11.7. The summed E-state index contributed by atoms with van der Waals surface area (Å²) in [4.78, 5) is 72.9. The van der Waals surface area contributed by atoms with E-state index in [1.807, 2.05) is 0 Å². The Bertz CT molecular complexity index is 2020. The zero-order valence-corrected chi connectivity index (χ0v) is 66.2. The molecule has 0 aromatic heterocycles. The molecule has 0 aliphatic carbocycles. The standard InChI is InChI=1S/C80H152O17P2/c1-8-10-11-12-13-14-15-16-17-24-29-34-39-47-54-61-77(82)90-67-75(96-79(84)63-57-50-41-36-31-26-21-19-23-28-33-38-46-53-60-73(7)9-2)69-94-98(86,87)92-65-74(81)66-93-99(88,89)95-70-76(68-91-78(83)62-55-48-43-42-45-52-59-72(5)6)97-80(85)64-56-49-40-35-30-25-20-18-22-27-32-37-44-51-58-71(3)4/h14-17,71-76,81H,8-13,18-70H2,1-7H3,(H,86,87)(H,88,89)/b15-14-,17-16-/t73?,74-,75-,76-/m1/s1. The number of phosphoric ester groups is 2. The molecule has 0 rings (SSSR count). The first kappa shape index (κ1) is 96.5. The molecule has 0 saturated heterocycles. The number of hydrogen-bond acceptors (Lipinski definition) is 15. The summed E-state index contributed by atoms with van der Waals surface area (Å²) in [6, 6.07) is 0. The number of unbranched alkanes of at least 4 members (excludes halogenated alkanes) is 40. The number of aliphatic hydroxyl groups is 1. The van der Waals surface area contributed by atoms with Crippen LogP contribution in [0.15, 0.2) is 24.3 Å². The number of carbonyl (C=O) groups excluding carboxylic acids is 4. The van der Waals surface area contributed by atoms with Crippen molar-refractivity contribution in [3.63, 3.8) is 0 Å². The van der Waals surface area contributed by atoms with Crippen LogP contribution in [0.5, 0.6) is 0 Å². The van der Waals surface area contributed by atoms with E-state index in [-0.39, 0.29) is 25.7 Å². The number of esters is 4. The highest BCUT2D eigenvalue weighted by atomic mass is 31.2. The zero-order chi connectivity index (χ0) is 73.0. The third kappa shape index (κ3) is 72.3. The number of allylic oxidation sites excluding steroid dienone is 4. The van der Waals surface area contributed by atoms with Crippen LogP contribution < -0.4 is 0 Å². The van der Waals surface area contributed by atoms with Crippen LogP contribution in [0.3, 0.4) is 0 Å². The minimum atomic E-state index is -4.97. The molecule has 3 N–H and O–H groups in total. The first-order valence-corrected chi connectivity index (χ1v) is 43.7. The van der Waals surface area contributed by atoms with Crippen LogP contribution in [-0.2, 0) is 65.4 Å². The van der Waals surface area contributed by atoms with Gasteiger partial charge in [0.1, 0.15) is 19.3 Å². The van der Waals surface area contributed by atoms with Gasteiger partial charge in [-0.15, -0.1) is 0 Å². The Morgan fingerprint density at radius 3 is 0.899 bits per heavy atom. The summed E-state index contributed by atoms with van der Waals surface area (Å²) in [5.41, 5.74) is 0. The largest absolute Gasteiger partial charge is 0.472 e. The van der Waals surface area contributed by atoms with Gasteiger partial charge in [-0.2, -0.15) is 0 Å². The first-order valence-electron chi connectivity index (χ1n) is 40.7. The van der Waals surface area contributed by atoms with Crippen molar-refractivity contribution in [2.45, 2.75) is 407 Å². The smallest absolute Gasteiger partial charge is 0.462 e. The molecule has 0 spiro atoms. The van der Waals surface area contributed by atoms with E-state index in [1.165, 1.54) is 173 Å². The third-order valence-corrected chi connectivity index (χ3v) is 20.3. The van der Waals surface area contributed by atoms with Gasteiger partial charge in [0, 0.05) is 25.7 Å². The maximum Gasteiger partial charge on any atom is 0.472 e. The van der Waals surface area contributed by atoms with Gasteiger partial charge in [-0.3, -0.25) is 37.3 Å². The Morgan fingerprint density at radius 1 is 0.333 bits per heavy atom. The second-order valence-corrected chi connectivity index (χ2v) is 32.2. The van der Waals surface area contributed by atoms with Crippen molar-refractivity contribution in [1.82, 2.24) is 0 Å². The molecule has 3 unspecified atom stereocenters. The summed E-state index contributed by atoms with van der Waals surface area (Å²) in [5.74, 6) is 0.171. The molecule has 0 amide bonds. The van der Waals surface area contributed by atoms with Crippen molar-refractivity contribution < 1.29 is 80.2 Å². The Balaban J connectivity index is 5.26. The van der Waals surface area contributed by atoms with Gasteiger partial charge >= 0.3 is 39.5 Å². The number of aliphatic hydroxyl groups excluding tert-OH is 1. The zero-order valence-electron chi connectivity index (χ0n) is 64.4. The Hall–Kier alpha value is -2.46. The topological polar surface area (TPSA) is 237 Å². The van der Waals surface area contributed by atoms with E-state index in [9.17, 15) is 43.2 Å². The van der Waals surface area contributed by atoms with Gasteiger partial charge in [0.15, 0.2) is 12.2 Å². The van der Waals surface area contributed by atoms with Gasteiger partial charge in [0.2, 0.25) is 0 Å². The fourth-order valence-corrected chi connectivity index (χ4v) is 13.3. The summed E-state index contributed by atoms with van der Waals surface area (Å²) < 4.78 is 68.6. The molecular formula is C80H152O17P2. The Morgan fingerprint density at radius 2 is 0.596 bits per heavy atom. The van der Waals surface area contributed by atoms with Crippen LogP contribution in [0.4, 0.5) is 0 Å². The van der Waals surface area contributed by atoms with Gasteiger partial charge < -0.3 is 33.8 Å². The monoisotopic (exact) mass is 1450 g/mol. The van der Waals surface area contributed by atoms with Crippen LogP contribution in [0, 0.1) is 17.8 Å². The molecule has 0 saturated carbocycles. The van der Waals surface area contributed by atoms with E-state index in [0.717, 1.165) is 127 Å². The number of phosphoric acid groups is 2. The van der Waals surface area contributed by atoms with E-state index >= 15 is 0 Å². The summed E-state index contributed by atoms with van der Waals surface area (Å²) in [6.07, 6.45) is 60.5. The molecule has 6 atom stereocenters. The molecule has 0 aromatic rings. The number of hydrogen-bond donors (Lipinski definition) is 3. The van der Waals surface area contributed by atoms with E-state index < -0.39 is 97.5 Å². The molecule has 0 fully saturated rings. The lowest BCUT2D eigenvalue weighted by atomic mass is 9.99. The van der Waals surface area contributed by atoms with E-state index in [2.05, 4.69) is 72.8 Å². The quantitative estimate of drug-likeness (QED) is 0.0169. The number of carbonyl (C=O) groups is 4. The summed E-state index contributed by atoms with van der Waals surface area (Å²) in [7, 11) is -9.93. The minimum Gasteiger partial charge on any atom is -0.462 e. The summed E-state index contributed by atoms with van der Waals surface area (Å²) >= 11 is 0. The van der Waals surface area contributed by atoms with Crippen molar-refractivity contribution in [2.75, 3.05) is 39.6 Å². The van der Waals surface area contributed by atoms with Gasteiger partial charge in [-0.05, 0) is 69.1 Å². The molecule has 0 aliphatic rings. The van der Waals surface area contributed by atoms with Crippen molar-refractivity contribution in [1.29, 1.82) is 0 Å². The number of ether oxygens (including phenoxy) is 4. The second kappa shape index (κ2) is 69.9. The lowest BCUT2D eigenvalue weighted by Crippen LogP contribution is -2.30. The fraction of sp³-hybridized carbons (Fsp3) is 0.900. The van der Waals surface area contributed by atoms with E-state index in [4.69, 9.17) is 37.0 Å². The predicted molar refractivity (Wildman–Crippen MR) is 404 cm³/mol. The molecule has 0 aliphatic heterocycles. The van der Waals surface area contributed by atoms with Crippen molar-refractivity contribution >= 4 is 39.5 Å². The lowest BCUT2D eigenvalue weighted by Gasteiger charge is -2.21. The molecule has 0 aromatic carbocycles. The maximum absolute atomic E-state index is 13.1. The average molecular weight is 1450 g/mol. The summed E-state index contributed by atoms with van der Waals surface area (Å²) in [6.45, 7) is 11.9. The molecule has 0 radical (unpaired) electrons. The first-order chi connectivity index (χ1) is 47.8. The van der Waals surface area contributed by atoms with Crippen molar-refractivity contribution in [3.05, 3.63) is 24.3 Å². The SMILES string of the molecule is CCCCCC/C=C\C=C/CCCCCCCC(=O)OC[C@H](COP(=O)(O)OC[C@@H](O)COP(=O)(O)OC[C@@H](COC(=O)CCCCCCCCC(C)C)OC(=O)CCCCCCCCCCCCCCCCC(C)C)OC(=O)CCCCCCCCCCCCCCCCC(C)CC. The van der Waals surface area contributed by atoms with Crippen LogP contribution >= 0.6 is 15.6 Å². The molecule has 99 heavy (non-hydrogen) atoms. The molecule has 19 heteroatoms. The molecule has 0 bridgehead atoms. The maximum atomic E-state index is 13.1. The van der Waals surface area contributed by atoms with Crippen LogP contribution in [-0.4, -0.2) is 96.7 Å². The van der Waals surface area contributed by atoms with Crippen LogP contribution in [0.1, 0.15) is 389 Å². The van der Waals surface area contributed by atoms with E-state index in [0.29, 0.717) is 31.6 Å². The lowest BCUT2D eigenvalue weighted by molar-refractivity contribution is -0.161. The molecule has 17 nitrogen and oxygen atoms in total. The molecular weight excluding hydrogens is 1290 g/mol. The van der Waals surface area contributed by atoms with Crippen LogP contribution in [0.25, 0.3) is 0 Å². The van der Waals surface area contributed by atoms with Gasteiger partial charge in [0.05, 0.1) is 26.4 Å². The highest BCUT2D eigenvalue weighted by molar-refractivity contribution is 7.47. The average Bonchev–Trinajstić information content (AvgIpc) is 1.06. The Labute approximate surface area is 605 Å². The predicted octanol–water partition coefficient (Wildman–Crippen LogP) is 23.3. The molecule has 0 heterocycles. The molecule has 584 valence electrons. The highest BCUT2D eigenvalue weighted by Crippen LogP contribution is 2.45. The van der Waals surface area contributed by atoms with Gasteiger partial charge in [-0.25, -0.2) is 9.13 Å². The van der Waals surface area contributed by atoms with E-state index in [1.54, 1.807) is 0 Å². The van der Waals surface area contributed by atoms with Gasteiger partial charge in [0.25, 0.3) is 0 Å². The third-order valence-electron chi connectivity index (χ3n) is 18.4. The summed E-state index contributed by atoms with van der Waals surface area (Å²) in [5, 5.41) is 10.6. The second-order valence-electron chi connectivity index (χ2n) is 29.3. The van der Waals surface area contributed by atoms with Crippen molar-refractivity contribution in [3.8, 4) is 0 Å². The Kier molecular flexibility index (Phi) is 68.1. The highest BCUT2D eigenvalue weighted by Gasteiger charge is 2.30.